The Hall–Kier alpha value is -1.80. The van der Waals surface area contributed by atoms with Gasteiger partial charge in [0.25, 0.3) is 0 Å². The first-order valence-electron chi connectivity index (χ1n) is 7.08. The first-order chi connectivity index (χ1) is 9.56. The van der Waals surface area contributed by atoms with Crippen LogP contribution in [0.15, 0.2) is 42.5 Å². The van der Waals surface area contributed by atoms with Crippen LogP contribution in [0.3, 0.4) is 0 Å². The van der Waals surface area contributed by atoms with Crippen LogP contribution in [0.1, 0.15) is 29.2 Å². The van der Waals surface area contributed by atoms with E-state index < -0.39 is 0 Å². The van der Waals surface area contributed by atoms with Crippen molar-refractivity contribution in [1.82, 2.24) is 0 Å². The lowest BCUT2D eigenvalue weighted by molar-refractivity contribution is 0.302. The number of nitrogens with two attached hydrogens (primary N) is 1. The van der Waals surface area contributed by atoms with Gasteiger partial charge in [-0.25, -0.2) is 0 Å². The van der Waals surface area contributed by atoms with Gasteiger partial charge in [-0.1, -0.05) is 36.4 Å². The molecule has 0 aliphatic carbocycles. The first-order valence-corrected chi connectivity index (χ1v) is 7.08. The molecule has 2 aromatic carbocycles. The zero-order chi connectivity index (χ0) is 14.5. The predicted molar refractivity (Wildman–Crippen MR) is 84.0 cm³/mol. The molecule has 0 saturated heterocycles. The Morgan fingerprint density at radius 1 is 1.05 bits per heavy atom. The number of aryl methyl sites for hydroxylation is 2. The Morgan fingerprint density at radius 3 is 2.50 bits per heavy atom. The number of ether oxygens (including phenoxy) is 1. The molecule has 2 nitrogen and oxygen atoms in total. The average Bonchev–Trinajstić information content (AvgIpc) is 2.41. The molecule has 2 rings (SSSR count). The van der Waals surface area contributed by atoms with Gasteiger partial charge in [0, 0.05) is 6.04 Å². The van der Waals surface area contributed by atoms with Gasteiger partial charge in [0.1, 0.15) is 12.4 Å². The topological polar surface area (TPSA) is 35.2 Å². The van der Waals surface area contributed by atoms with Crippen LogP contribution in [0.5, 0.6) is 5.75 Å². The van der Waals surface area contributed by atoms with E-state index in [0.717, 1.165) is 12.2 Å². The third-order valence-electron chi connectivity index (χ3n) is 3.48. The van der Waals surface area contributed by atoms with E-state index in [1.54, 1.807) is 0 Å². The number of benzene rings is 2. The van der Waals surface area contributed by atoms with Gasteiger partial charge in [-0.15, -0.1) is 0 Å². The van der Waals surface area contributed by atoms with Crippen LogP contribution in [0.4, 0.5) is 0 Å². The summed E-state index contributed by atoms with van der Waals surface area (Å²) in [5, 5.41) is 0. The third kappa shape index (κ3) is 3.84. The van der Waals surface area contributed by atoms with E-state index in [0.29, 0.717) is 6.61 Å². The highest BCUT2D eigenvalue weighted by Gasteiger charge is 2.06. The zero-order valence-electron chi connectivity index (χ0n) is 12.5. The van der Waals surface area contributed by atoms with Gasteiger partial charge in [-0.2, -0.15) is 0 Å². The maximum Gasteiger partial charge on any atom is 0.123 e. The Morgan fingerprint density at radius 2 is 1.80 bits per heavy atom. The Labute approximate surface area is 121 Å². The lowest BCUT2D eigenvalue weighted by Crippen LogP contribution is -2.18. The summed E-state index contributed by atoms with van der Waals surface area (Å²) in [7, 11) is 0. The molecule has 1 unspecified atom stereocenters. The van der Waals surface area contributed by atoms with Crippen molar-refractivity contribution in [2.24, 2.45) is 5.73 Å². The summed E-state index contributed by atoms with van der Waals surface area (Å²) in [6, 6.07) is 14.7. The van der Waals surface area contributed by atoms with Gasteiger partial charge in [-0.3, -0.25) is 0 Å². The van der Waals surface area contributed by atoms with Crippen LogP contribution < -0.4 is 10.5 Å². The lowest BCUT2D eigenvalue weighted by atomic mass is 10.1. The van der Waals surface area contributed by atoms with Crippen molar-refractivity contribution < 1.29 is 4.74 Å². The molecule has 0 amide bonds. The van der Waals surface area contributed by atoms with E-state index in [4.69, 9.17) is 10.5 Å². The molecule has 2 aromatic rings. The van der Waals surface area contributed by atoms with Crippen molar-refractivity contribution in [2.75, 3.05) is 0 Å². The fourth-order valence-corrected chi connectivity index (χ4v) is 2.21. The van der Waals surface area contributed by atoms with Crippen LogP contribution >= 0.6 is 0 Å². The minimum atomic E-state index is 0.140. The average molecular weight is 269 g/mol. The van der Waals surface area contributed by atoms with Gasteiger partial charge in [0.05, 0.1) is 0 Å². The lowest BCUT2D eigenvalue weighted by Gasteiger charge is -2.13. The van der Waals surface area contributed by atoms with Crippen molar-refractivity contribution >= 4 is 0 Å². The van der Waals surface area contributed by atoms with Crippen molar-refractivity contribution in [3.63, 3.8) is 0 Å². The summed E-state index contributed by atoms with van der Waals surface area (Å²) in [6.07, 6.45) is 0.836. The molecule has 0 heterocycles. The van der Waals surface area contributed by atoms with Crippen LogP contribution in [0.2, 0.25) is 0 Å². The normalized spacial score (nSPS) is 12.2. The highest BCUT2D eigenvalue weighted by molar-refractivity contribution is 5.35. The molecular formula is C18H23NO. The van der Waals surface area contributed by atoms with Crippen molar-refractivity contribution in [1.29, 1.82) is 0 Å². The molecule has 0 bridgehead atoms. The van der Waals surface area contributed by atoms with E-state index in [9.17, 15) is 0 Å². The van der Waals surface area contributed by atoms with Crippen molar-refractivity contribution in [3.8, 4) is 5.75 Å². The molecule has 0 spiro atoms. The molecule has 0 aliphatic heterocycles. The second-order valence-corrected chi connectivity index (χ2v) is 5.50. The molecule has 2 N–H and O–H groups in total. The van der Waals surface area contributed by atoms with E-state index >= 15 is 0 Å². The molecule has 0 aliphatic rings. The fourth-order valence-electron chi connectivity index (χ4n) is 2.21. The SMILES string of the molecule is Cc1ccc(COc2ccccc2CC(C)N)cc1C. The highest BCUT2D eigenvalue weighted by Crippen LogP contribution is 2.21. The van der Waals surface area contributed by atoms with Gasteiger partial charge >= 0.3 is 0 Å². The van der Waals surface area contributed by atoms with Crippen LogP contribution in [0, 0.1) is 13.8 Å². The number of hydrogen-bond donors (Lipinski definition) is 1. The minimum absolute atomic E-state index is 0.140. The summed E-state index contributed by atoms with van der Waals surface area (Å²) in [4.78, 5) is 0. The zero-order valence-corrected chi connectivity index (χ0v) is 12.5. The quantitative estimate of drug-likeness (QED) is 0.896. The summed E-state index contributed by atoms with van der Waals surface area (Å²) in [5.74, 6) is 0.933. The second-order valence-electron chi connectivity index (χ2n) is 5.50. The molecule has 0 aromatic heterocycles. The second kappa shape index (κ2) is 6.58. The number of para-hydroxylation sites is 1. The molecule has 1 atom stereocenters. The van der Waals surface area contributed by atoms with Crippen LogP contribution in [0.25, 0.3) is 0 Å². The molecule has 20 heavy (non-hydrogen) atoms. The van der Waals surface area contributed by atoms with Gasteiger partial charge in [-0.05, 0) is 55.5 Å². The molecule has 0 saturated carbocycles. The standard InChI is InChI=1S/C18H23NO/c1-13-8-9-16(10-14(13)2)12-20-18-7-5-4-6-17(18)11-15(3)19/h4-10,15H,11-12,19H2,1-3H3. The summed E-state index contributed by atoms with van der Waals surface area (Å²) in [5.41, 5.74) is 10.9. The first kappa shape index (κ1) is 14.6. The highest BCUT2D eigenvalue weighted by atomic mass is 16.5. The Balaban J connectivity index is 2.08. The van der Waals surface area contributed by atoms with Gasteiger partial charge in [0.2, 0.25) is 0 Å². The van der Waals surface area contributed by atoms with Crippen LogP contribution in [-0.2, 0) is 13.0 Å². The van der Waals surface area contributed by atoms with Crippen LogP contribution in [-0.4, -0.2) is 6.04 Å². The number of hydrogen-bond acceptors (Lipinski definition) is 2. The Bertz CT molecular complexity index is 575. The van der Waals surface area contributed by atoms with Gasteiger partial charge < -0.3 is 10.5 Å². The van der Waals surface area contributed by atoms with Crippen molar-refractivity contribution in [3.05, 3.63) is 64.7 Å². The smallest absolute Gasteiger partial charge is 0.123 e. The van der Waals surface area contributed by atoms with E-state index in [1.165, 1.54) is 22.3 Å². The van der Waals surface area contributed by atoms with Crippen molar-refractivity contribution in [2.45, 2.75) is 39.8 Å². The van der Waals surface area contributed by atoms with E-state index in [-0.39, 0.29) is 6.04 Å². The molecule has 2 heteroatoms. The molecular weight excluding hydrogens is 246 g/mol. The summed E-state index contributed by atoms with van der Waals surface area (Å²) < 4.78 is 5.96. The maximum atomic E-state index is 5.96. The Kier molecular flexibility index (Phi) is 4.80. The third-order valence-corrected chi connectivity index (χ3v) is 3.48. The molecule has 0 radical (unpaired) electrons. The van der Waals surface area contributed by atoms with E-state index in [1.807, 2.05) is 25.1 Å². The fraction of sp³-hybridized carbons (Fsp3) is 0.333. The predicted octanol–water partition coefficient (Wildman–Crippen LogP) is 3.77. The number of rotatable bonds is 5. The summed E-state index contributed by atoms with van der Waals surface area (Å²) in [6.45, 7) is 6.86. The minimum Gasteiger partial charge on any atom is -0.489 e. The molecule has 106 valence electrons. The van der Waals surface area contributed by atoms with E-state index in [2.05, 4.69) is 38.1 Å². The molecule has 0 fully saturated rings. The monoisotopic (exact) mass is 269 g/mol. The largest absolute Gasteiger partial charge is 0.489 e. The maximum absolute atomic E-state index is 5.96. The van der Waals surface area contributed by atoms with Gasteiger partial charge in [0.15, 0.2) is 0 Å². The summed E-state index contributed by atoms with van der Waals surface area (Å²) >= 11 is 0.